The molecule has 0 fully saturated rings. The number of carbonyl (C=O) groups is 1. The van der Waals surface area contributed by atoms with Gasteiger partial charge in [0.1, 0.15) is 0 Å². The number of ether oxygens (including phenoxy) is 2. The number of carbonyl (C=O) groups excluding carboxylic acids is 1. The second kappa shape index (κ2) is 9.81. The standard InChI is InChI=1S/C20H27NO3/c1-3-5-13-21(14-6-4-2)20(22)10-8-7-9-17-11-12-18-19(15-17)24-16-23-18/h7-12,15H,3-6,13-14,16H2,1-2H3/b9-7?,10-8+. The SMILES string of the molecule is CCCCN(CCCC)C(=O)/C=C/C=Cc1ccc2c(c1)OCO2. The lowest BCUT2D eigenvalue weighted by Crippen LogP contribution is -2.31. The predicted molar refractivity (Wildman–Crippen MR) is 97.1 cm³/mol. The number of hydrogen-bond donors (Lipinski definition) is 0. The summed E-state index contributed by atoms with van der Waals surface area (Å²) >= 11 is 0. The lowest BCUT2D eigenvalue weighted by atomic mass is 10.2. The van der Waals surface area contributed by atoms with Crippen molar-refractivity contribution in [2.75, 3.05) is 19.9 Å². The Morgan fingerprint density at radius 2 is 1.79 bits per heavy atom. The van der Waals surface area contributed by atoms with E-state index in [1.807, 2.05) is 35.3 Å². The van der Waals surface area contributed by atoms with Gasteiger partial charge in [-0.2, -0.15) is 0 Å². The fourth-order valence-corrected chi connectivity index (χ4v) is 2.46. The van der Waals surface area contributed by atoms with Crippen LogP contribution in [0.4, 0.5) is 0 Å². The van der Waals surface area contributed by atoms with Gasteiger partial charge < -0.3 is 14.4 Å². The molecule has 0 atom stereocenters. The van der Waals surface area contributed by atoms with E-state index in [0.29, 0.717) is 0 Å². The Morgan fingerprint density at radius 3 is 2.50 bits per heavy atom. The predicted octanol–water partition coefficient (Wildman–Crippen LogP) is 4.41. The third-order valence-electron chi connectivity index (χ3n) is 3.91. The van der Waals surface area contributed by atoms with Gasteiger partial charge in [-0.05, 0) is 30.5 Å². The average molecular weight is 329 g/mol. The summed E-state index contributed by atoms with van der Waals surface area (Å²) in [5.74, 6) is 1.63. The molecule has 0 N–H and O–H groups in total. The van der Waals surface area contributed by atoms with Crippen molar-refractivity contribution in [1.29, 1.82) is 0 Å². The monoisotopic (exact) mass is 329 g/mol. The van der Waals surface area contributed by atoms with E-state index < -0.39 is 0 Å². The van der Waals surface area contributed by atoms with Gasteiger partial charge in [-0.1, -0.05) is 51.0 Å². The molecule has 0 bridgehead atoms. The highest BCUT2D eigenvalue weighted by Crippen LogP contribution is 2.32. The van der Waals surface area contributed by atoms with Crippen LogP contribution in [0.25, 0.3) is 6.08 Å². The highest BCUT2D eigenvalue weighted by atomic mass is 16.7. The van der Waals surface area contributed by atoms with Gasteiger partial charge >= 0.3 is 0 Å². The molecule has 4 nitrogen and oxygen atoms in total. The average Bonchev–Trinajstić information content (AvgIpc) is 3.06. The maximum Gasteiger partial charge on any atom is 0.246 e. The number of unbranched alkanes of at least 4 members (excludes halogenated alkanes) is 2. The summed E-state index contributed by atoms with van der Waals surface area (Å²) in [6.07, 6.45) is 11.6. The Morgan fingerprint density at radius 1 is 1.08 bits per heavy atom. The molecule has 0 aromatic heterocycles. The van der Waals surface area contributed by atoms with Crippen LogP contribution in [-0.4, -0.2) is 30.7 Å². The smallest absolute Gasteiger partial charge is 0.246 e. The van der Waals surface area contributed by atoms with E-state index in [1.165, 1.54) is 0 Å². The molecule has 2 rings (SSSR count). The first-order chi connectivity index (χ1) is 11.7. The van der Waals surface area contributed by atoms with Crippen molar-refractivity contribution in [3.8, 4) is 11.5 Å². The second-order valence-electron chi connectivity index (χ2n) is 5.86. The van der Waals surface area contributed by atoms with Crippen LogP contribution in [0.15, 0.2) is 36.4 Å². The van der Waals surface area contributed by atoms with Crippen LogP contribution in [0.3, 0.4) is 0 Å². The second-order valence-corrected chi connectivity index (χ2v) is 5.86. The van der Waals surface area contributed by atoms with Gasteiger partial charge in [0, 0.05) is 19.2 Å². The summed E-state index contributed by atoms with van der Waals surface area (Å²) in [5.41, 5.74) is 1.02. The quantitative estimate of drug-likeness (QED) is 0.497. The van der Waals surface area contributed by atoms with Gasteiger partial charge in [0.25, 0.3) is 0 Å². The topological polar surface area (TPSA) is 38.8 Å². The fraction of sp³-hybridized carbons (Fsp3) is 0.450. The van der Waals surface area contributed by atoms with Crippen molar-refractivity contribution in [2.24, 2.45) is 0 Å². The minimum atomic E-state index is 0.0900. The van der Waals surface area contributed by atoms with E-state index in [1.54, 1.807) is 12.2 Å². The van der Waals surface area contributed by atoms with Crippen LogP contribution >= 0.6 is 0 Å². The molecule has 1 aliphatic rings. The lowest BCUT2D eigenvalue weighted by Gasteiger charge is -2.20. The van der Waals surface area contributed by atoms with Crippen molar-refractivity contribution in [3.05, 3.63) is 42.0 Å². The van der Waals surface area contributed by atoms with Gasteiger partial charge in [0.05, 0.1) is 0 Å². The summed E-state index contributed by atoms with van der Waals surface area (Å²) in [4.78, 5) is 14.2. The molecule has 24 heavy (non-hydrogen) atoms. The van der Waals surface area contributed by atoms with Crippen molar-refractivity contribution >= 4 is 12.0 Å². The molecule has 130 valence electrons. The highest BCUT2D eigenvalue weighted by molar-refractivity contribution is 5.88. The Bertz CT molecular complexity index is 585. The molecule has 0 saturated heterocycles. The molecule has 1 amide bonds. The number of benzene rings is 1. The zero-order valence-electron chi connectivity index (χ0n) is 14.7. The van der Waals surface area contributed by atoms with Crippen molar-refractivity contribution < 1.29 is 14.3 Å². The number of nitrogens with zero attached hydrogens (tertiary/aromatic N) is 1. The van der Waals surface area contributed by atoms with Crippen LogP contribution in [0.5, 0.6) is 11.5 Å². The third kappa shape index (κ3) is 5.44. The molecule has 1 aromatic carbocycles. The number of fused-ring (bicyclic) bond motifs is 1. The number of amides is 1. The summed E-state index contributed by atoms with van der Waals surface area (Å²) in [6, 6.07) is 5.80. The first-order valence-electron chi connectivity index (χ1n) is 8.78. The molecular formula is C20H27NO3. The van der Waals surface area contributed by atoms with E-state index in [-0.39, 0.29) is 12.7 Å². The van der Waals surface area contributed by atoms with Crippen LogP contribution in [0.1, 0.15) is 45.1 Å². The minimum Gasteiger partial charge on any atom is -0.454 e. The summed E-state index contributed by atoms with van der Waals surface area (Å²) in [6.45, 7) is 6.25. The van der Waals surface area contributed by atoms with E-state index in [0.717, 1.165) is 55.8 Å². The zero-order chi connectivity index (χ0) is 17.2. The van der Waals surface area contributed by atoms with Gasteiger partial charge in [-0.25, -0.2) is 0 Å². The lowest BCUT2D eigenvalue weighted by molar-refractivity contribution is -0.126. The Balaban J connectivity index is 1.89. The van der Waals surface area contributed by atoms with E-state index in [9.17, 15) is 4.79 Å². The minimum absolute atomic E-state index is 0.0900. The molecule has 0 aliphatic carbocycles. The van der Waals surface area contributed by atoms with E-state index in [4.69, 9.17) is 9.47 Å². The number of rotatable bonds is 9. The van der Waals surface area contributed by atoms with Gasteiger partial charge in [-0.15, -0.1) is 0 Å². The molecule has 0 radical (unpaired) electrons. The Kier molecular flexibility index (Phi) is 7.40. The first-order valence-corrected chi connectivity index (χ1v) is 8.78. The van der Waals surface area contributed by atoms with Crippen molar-refractivity contribution in [3.63, 3.8) is 0 Å². The molecule has 4 heteroatoms. The largest absolute Gasteiger partial charge is 0.454 e. The van der Waals surface area contributed by atoms with E-state index in [2.05, 4.69) is 13.8 Å². The number of hydrogen-bond acceptors (Lipinski definition) is 3. The van der Waals surface area contributed by atoms with Gasteiger partial charge in [0.2, 0.25) is 12.7 Å². The summed E-state index contributed by atoms with van der Waals surface area (Å²) in [7, 11) is 0. The maximum atomic E-state index is 12.3. The Hall–Kier alpha value is -2.23. The van der Waals surface area contributed by atoms with Gasteiger partial charge in [0.15, 0.2) is 11.5 Å². The Labute approximate surface area is 144 Å². The first kappa shape index (κ1) is 18.1. The van der Waals surface area contributed by atoms with Crippen molar-refractivity contribution in [2.45, 2.75) is 39.5 Å². The zero-order valence-corrected chi connectivity index (χ0v) is 14.7. The number of allylic oxidation sites excluding steroid dienone is 2. The molecule has 0 spiro atoms. The molecule has 0 unspecified atom stereocenters. The van der Waals surface area contributed by atoms with Crippen molar-refractivity contribution in [1.82, 2.24) is 4.90 Å². The molecule has 1 aromatic rings. The van der Waals surface area contributed by atoms with Gasteiger partial charge in [-0.3, -0.25) is 4.79 Å². The maximum absolute atomic E-state index is 12.3. The fourth-order valence-electron chi connectivity index (χ4n) is 2.46. The summed E-state index contributed by atoms with van der Waals surface area (Å²) < 4.78 is 10.6. The third-order valence-corrected chi connectivity index (χ3v) is 3.91. The van der Waals surface area contributed by atoms with Crippen LogP contribution in [0.2, 0.25) is 0 Å². The molecule has 1 aliphatic heterocycles. The normalized spacial score (nSPS) is 13.1. The summed E-state index contributed by atoms with van der Waals surface area (Å²) in [5, 5.41) is 0. The van der Waals surface area contributed by atoms with E-state index >= 15 is 0 Å². The van der Waals surface area contributed by atoms with Crippen LogP contribution < -0.4 is 9.47 Å². The highest BCUT2D eigenvalue weighted by Gasteiger charge is 2.12. The van der Waals surface area contributed by atoms with Crippen LogP contribution in [0, 0.1) is 0 Å². The van der Waals surface area contributed by atoms with Crippen LogP contribution in [-0.2, 0) is 4.79 Å². The molecular weight excluding hydrogens is 302 g/mol. The molecule has 0 saturated carbocycles. The molecule has 1 heterocycles.